The number of aromatic nitrogens is 2. The van der Waals surface area contributed by atoms with Crippen LogP contribution in [0.25, 0.3) is 0 Å². The van der Waals surface area contributed by atoms with Gasteiger partial charge in [0.05, 0.1) is 18.8 Å². The number of hydrogen-bond donors (Lipinski definition) is 2. The summed E-state index contributed by atoms with van der Waals surface area (Å²) in [7, 11) is 1.67. The van der Waals surface area contributed by atoms with Gasteiger partial charge in [-0.25, -0.2) is 4.79 Å². The molecule has 1 saturated heterocycles. The number of H-pyrrole nitrogens is 1. The molecule has 0 aliphatic carbocycles. The highest BCUT2D eigenvalue weighted by Crippen LogP contribution is 2.17. The Hall–Kier alpha value is -1.56. The van der Waals surface area contributed by atoms with Crippen LogP contribution in [-0.4, -0.2) is 54.0 Å². The van der Waals surface area contributed by atoms with Gasteiger partial charge >= 0.3 is 6.03 Å². The van der Waals surface area contributed by atoms with Crippen molar-refractivity contribution in [2.75, 3.05) is 26.8 Å². The predicted molar refractivity (Wildman–Crippen MR) is 67.3 cm³/mol. The lowest BCUT2D eigenvalue weighted by molar-refractivity contribution is 0.123. The van der Waals surface area contributed by atoms with E-state index in [1.165, 1.54) is 0 Å². The highest BCUT2D eigenvalue weighted by atomic mass is 16.5. The maximum atomic E-state index is 12.0. The van der Waals surface area contributed by atoms with Gasteiger partial charge in [0.1, 0.15) is 0 Å². The summed E-state index contributed by atoms with van der Waals surface area (Å²) >= 11 is 0. The average molecular weight is 252 g/mol. The Morgan fingerprint density at radius 3 is 3.33 bits per heavy atom. The summed E-state index contributed by atoms with van der Waals surface area (Å²) in [6.45, 7) is 2.08. The Balaban J connectivity index is 1.73. The van der Waals surface area contributed by atoms with Crippen LogP contribution in [0.1, 0.15) is 18.4 Å². The molecule has 6 nitrogen and oxygen atoms in total. The van der Waals surface area contributed by atoms with E-state index in [-0.39, 0.29) is 12.1 Å². The first kappa shape index (κ1) is 12.9. The first-order chi connectivity index (χ1) is 8.81. The molecule has 0 unspecified atom stereocenters. The Kier molecular flexibility index (Phi) is 4.58. The monoisotopic (exact) mass is 252 g/mol. The molecule has 18 heavy (non-hydrogen) atoms. The van der Waals surface area contributed by atoms with Crippen molar-refractivity contribution in [3.8, 4) is 0 Å². The van der Waals surface area contributed by atoms with Gasteiger partial charge in [0.15, 0.2) is 0 Å². The number of likely N-dealkylation sites (tertiary alicyclic amines) is 1. The van der Waals surface area contributed by atoms with Crippen molar-refractivity contribution < 1.29 is 9.53 Å². The van der Waals surface area contributed by atoms with E-state index in [1.54, 1.807) is 13.3 Å². The summed E-state index contributed by atoms with van der Waals surface area (Å²) in [5.41, 5.74) is 1.10. The summed E-state index contributed by atoms with van der Waals surface area (Å²) in [4.78, 5) is 13.9. The average Bonchev–Trinajstić information content (AvgIpc) is 3.00. The van der Waals surface area contributed by atoms with Crippen LogP contribution in [0.2, 0.25) is 0 Å². The predicted octanol–water partition coefficient (Wildman–Crippen LogP) is 0.773. The number of urea groups is 1. The molecule has 0 radical (unpaired) electrons. The first-order valence-electron chi connectivity index (χ1n) is 6.32. The van der Waals surface area contributed by atoms with E-state index >= 15 is 0 Å². The van der Waals surface area contributed by atoms with Gasteiger partial charge in [0.25, 0.3) is 0 Å². The van der Waals surface area contributed by atoms with E-state index < -0.39 is 0 Å². The van der Waals surface area contributed by atoms with Crippen molar-refractivity contribution >= 4 is 6.03 Å². The fraction of sp³-hybridized carbons (Fsp3) is 0.667. The molecule has 1 aromatic rings. The molecular weight excluding hydrogens is 232 g/mol. The van der Waals surface area contributed by atoms with Gasteiger partial charge in [-0.2, -0.15) is 5.10 Å². The van der Waals surface area contributed by atoms with Gasteiger partial charge in [-0.1, -0.05) is 0 Å². The molecule has 0 spiro atoms. The van der Waals surface area contributed by atoms with E-state index in [2.05, 4.69) is 15.5 Å². The first-order valence-corrected chi connectivity index (χ1v) is 6.32. The topological polar surface area (TPSA) is 70.2 Å². The summed E-state index contributed by atoms with van der Waals surface area (Å²) in [6.07, 6.45) is 6.50. The zero-order valence-corrected chi connectivity index (χ0v) is 10.7. The summed E-state index contributed by atoms with van der Waals surface area (Å²) in [6, 6.07) is 0.238. The van der Waals surface area contributed by atoms with Crippen LogP contribution < -0.4 is 5.32 Å². The molecule has 0 saturated carbocycles. The number of methoxy groups -OCH3 is 1. The lowest BCUT2D eigenvalue weighted by Crippen LogP contribution is -2.44. The van der Waals surface area contributed by atoms with E-state index in [0.717, 1.165) is 31.4 Å². The van der Waals surface area contributed by atoms with E-state index in [1.807, 2.05) is 11.1 Å². The molecule has 2 heterocycles. The zero-order valence-electron chi connectivity index (χ0n) is 10.7. The number of carbonyl (C=O) groups excluding carboxylic acids is 1. The number of ether oxygens (including phenoxy) is 1. The van der Waals surface area contributed by atoms with Crippen LogP contribution in [-0.2, 0) is 11.2 Å². The number of amides is 2. The van der Waals surface area contributed by atoms with Crippen molar-refractivity contribution in [2.45, 2.75) is 25.3 Å². The molecule has 1 aliphatic heterocycles. The number of hydrogen-bond acceptors (Lipinski definition) is 3. The highest BCUT2D eigenvalue weighted by molar-refractivity contribution is 5.74. The van der Waals surface area contributed by atoms with Gasteiger partial charge in [0.2, 0.25) is 0 Å². The molecule has 1 fully saturated rings. The normalized spacial score (nSPS) is 19.2. The van der Waals surface area contributed by atoms with Gasteiger partial charge in [-0.15, -0.1) is 0 Å². The van der Waals surface area contributed by atoms with Crippen LogP contribution in [0.5, 0.6) is 0 Å². The molecule has 1 aliphatic rings. The molecular formula is C12H20N4O2. The number of rotatable bonds is 5. The van der Waals surface area contributed by atoms with Crippen molar-refractivity contribution in [2.24, 2.45) is 0 Å². The number of aromatic amines is 1. The minimum atomic E-state index is 0.0121. The van der Waals surface area contributed by atoms with Crippen LogP contribution in [0, 0.1) is 0 Å². The molecule has 2 N–H and O–H groups in total. The lowest BCUT2D eigenvalue weighted by Gasteiger charge is -2.24. The quantitative estimate of drug-likeness (QED) is 0.813. The van der Waals surface area contributed by atoms with Crippen molar-refractivity contribution in [1.29, 1.82) is 0 Å². The largest absolute Gasteiger partial charge is 0.383 e. The third kappa shape index (κ3) is 3.22. The van der Waals surface area contributed by atoms with Crippen LogP contribution >= 0.6 is 0 Å². The lowest BCUT2D eigenvalue weighted by atomic mass is 10.2. The number of carbonyl (C=O) groups is 1. The summed E-state index contributed by atoms with van der Waals surface area (Å²) < 4.78 is 5.14. The van der Waals surface area contributed by atoms with Gasteiger partial charge in [-0.3, -0.25) is 5.10 Å². The van der Waals surface area contributed by atoms with Crippen LogP contribution in [0.15, 0.2) is 12.4 Å². The van der Waals surface area contributed by atoms with E-state index in [4.69, 9.17) is 4.74 Å². The molecule has 2 rings (SSSR count). The highest BCUT2D eigenvalue weighted by Gasteiger charge is 2.28. The number of nitrogens with one attached hydrogen (secondary N) is 2. The maximum absolute atomic E-state index is 12.0. The summed E-state index contributed by atoms with van der Waals surface area (Å²) in [5, 5.41) is 9.57. The fourth-order valence-corrected chi connectivity index (χ4v) is 2.30. The summed E-state index contributed by atoms with van der Waals surface area (Å²) in [5.74, 6) is 0. The van der Waals surface area contributed by atoms with E-state index in [9.17, 15) is 4.79 Å². The van der Waals surface area contributed by atoms with Gasteiger partial charge < -0.3 is 15.0 Å². The minimum absolute atomic E-state index is 0.0121. The Labute approximate surface area is 107 Å². The second-order valence-electron chi connectivity index (χ2n) is 4.53. The standard InChI is InChI=1S/C12H20N4O2/c1-18-9-11-3-2-6-16(11)12(17)13-5-4-10-7-14-15-8-10/h7-8,11H,2-6,9H2,1H3,(H,13,17)(H,14,15)/t11-/m0/s1. The molecule has 100 valence electrons. The van der Waals surface area contributed by atoms with Crippen molar-refractivity contribution in [3.05, 3.63) is 18.0 Å². The van der Waals surface area contributed by atoms with Crippen LogP contribution in [0.3, 0.4) is 0 Å². The Bertz CT molecular complexity index is 366. The zero-order chi connectivity index (χ0) is 12.8. The minimum Gasteiger partial charge on any atom is -0.383 e. The van der Waals surface area contributed by atoms with E-state index in [0.29, 0.717) is 13.2 Å². The third-order valence-electron chi connectivity index (χ3n) is 3.24. The fourth-order valence-electron chi connectivity index (χ4n) is 2.30. The maximum Gasteiger partial charge on any atom is 0.317 e. The Morgan fingerprint density at radius 2 is 2.61 bits per heavy atom. The molecule has 0 aromatic carbocycles. The third-order valence-corrected chi connectivity index (χ3v) is 3.24. The molecule has 1 aromatic heterocycles. The molecule has 0 bridgehead atoms. The molecule has 2 amide bonds. The Morgan fingerprint density at radius 1 is 1.72 bits per heavy atom. The van der Waals surface area contributed by atoms with Crippen molar-refractivity contribution in [3.63, 3.8) is 0 Å². The van der Waals surface area contributed by atoms with Crippen molar-refractivity contribution in [1.82, 2.24) is 20.4 Å². The smallest absolute Gasteiger partial charge is 0.317 e. The van der Waals surface area contributed by atoms with Gasteiger partial charge in [0, 0.05) is 26.4 Å². The second kappa shape index (κ2) is 6.39. The van der Waals surface area contributed by atoms with Gasteiger partial charge in [-0.05, 0) is 24.8 Å². The van der Waals surface area contributed by atoms with Crippen LogP contribution in [0.4, 0.5) is 4.79 Å². The molecule has 6 heteroatoms. The number of nitrogens with zero attached hydrogens (tertiary/aromatic N) is 2. The SMILES string of the molecule is COC[C@@H]1CCCN1C(=O)NCCc1cn[nH]c1. The molecule has 1 atom stereocenters. The second-order valence-corrected chi connectivity index (χ2v) is 4.53.